The largest absolute Gasteiger partial charge is 0.464 e. The number of hydrogen-bond donors (Lipinski definition) is 1. The molecule has 30 heavy (non-hydrogen) atoms. The summed E-state index contributed by atoms with van der Waals surface area (Å²) in [6, 6.07) is 2.10. The van der Waals surface area contributed by atoms with Gasteiger partial charge >= 0.3 is 12.0 Å². The second-order valence-electron chi connectivity index (χ2n) is 8.34. The number of pyridine rings is 1. The minimum atomic E-state index is -0.916. The number of carbonyl (C=O) groups is 3. The first-order chi connectivity index (χ1) is 14.3. The van der Waals surface area contributed by atoms with Crippen molar-refractivity contribution in [3.05, 3.63) is 23.9 Å². The fourth-order valence-corrected chi connectivity index (χ4v) is 4.61. The van der Waals surface area contributed by atoms with E-state index < -0.39 is 24.0 Å². The van der Waals surface area contributed by atoms with Crippen molar-refractivity contribution < 1.29 is 19.1 Å². The van der Waals surface area contributed by atoms with Gasteiger partial charge in [-0.1, -0.05) is 19.3 Å². The van der Waals surface area contributed by atoms with E-state index in [2.05, 4.69) is 4.98 Å². The van der Waals surface area contributed by atoms with Crippen LogP contribution >= 0.6 is 0 Å². The summed E-state index contributed by atoms with van der Waals surface area (Å²) in [5.74, 6) is -0.776. The second kappa shape index (κ2) is 9.45. The summed E-state index contributed by atoms with van der Waals surface area (Å²) in [7, 11) is 1.72. The van der Waals surface area contributed by atoms with Crippen LogP contribution in [0.1, 0.15) is 51.5 Å². The molecule has 0 radical (unpaired) electrons. The third-order valence-corrected chi connectivity index (χ3v) is 6.49. The minimum absolute atomic E-state index is 0.00694. The van der Waals surface area contributed by atoms with E-state index in [1.54, 1.807) is 37.2 Å². The number of likely N-dealkylation sites (tertiary alicyclic amines) is 1. The molecule has 0 aromatic carbocycles. The van der Waals surface area contributed by atoms with Crippen LogP contribution in [0.15, 0.2) is 18.3 Å². The van der Waals surface area contributed by atoms with Gasteiger partial charge < -0.3 is 15.4 Å². The Hall–Kier alpha value is -2.64. The lowest BCUT2D eigenvalue weighted by Crippen LogP contribution is -2.69. The molecule has 164 valence electrons. The number of amides is 3. The summed E-state index contributed by atoms with van der Waals surface area (Å²) in [6.45, 7) is 3.92. The Morgan fingerprint density at radius 3 is 2.67 bits per heavy atom. The topological polar surface area (TPSA) is 106 Å². The lowest BCUT2D eigenvalue weighted by atomic mass is 9.82. The zero-order valence-corrected chi connectivity index (χ0v) is 18.0. The minimum Gasteiger partial charge on any atom is -0.464 e. The molecular weight excluding hydrogens is 384 g/mol. The van der Waals surface area contributed by atoms with Crippen molar-refractivity contribution in [1.29, 1.82) is 0 Å². The number of ether oxygens (including phenoxy) is 1. The Morgan fingerprint density at radius 1 is 1.33 bits per heavy atom. The molecule has 2 N–H and O–H groups in total. The van der Waals surface area contributed by atoms with E-state index in [0.29, 0.717) is 18.2 Å². The molecule has 1 saturated carbocycles. The molecule has 1 saturated heterocycles. The van der Waals surface area contributed by atoms with Gasteiger partial charge in [0.15, 0.2) is 6.04 Å². The first kappa shape index (κ1) is 22.1. The van der Waals surface area contributed by atoms with Gasteiger partial charge in [0.05, 0.1) is 12.5 Å². The van der Waals surface area contributed by atoms with E-state index >= 15 is 0 Å². The predicted octanol–water partition coefficient (Wildman–Crippen LogP) is 2.62. The zero-order chi connectivity index (χ0) is 21.8. The lowest BCUT2D eigenvalue weighted by Gasteiger charge is -2.46. The van der Waals surface area contributed by atoms with Gasteiger partial charge in [0.1, 0.15) is 5.82 Å². The fourth-order valence-electron chi connectivity index (χ4n) is 4.61. The van der Waals surface area contributed by atoms with Crippen LogP contribution in [0.25, 0.3) is 0 Å². The maximum absolute atomic E-state index is 13.2. The monoisotopic (exact) mass is 416 g/mol. The molecule has 8 nitrogen and oxygen atoms in total. The molecule has 1 aromatic heterocycles. The molecule has 1 aliphatic carbocycles. The quantitative estimate of drug-likeness (QED) is 0.564. The number of carbonyl (C=O) groups excluding carboxylic acids is 3. The molecule has 0 bridgehead atoms. The van der Waals surface area contributed by atoms with E-state index in [9.17, 15) is 14.4 Å². The average molecular weight is 417 g/mol. The van der Waals surface area contributed by atoms with Crippen molar-refractivity contribution in [2.45, 2.75) is 64.5 Å². The van der Waals surface area contributed by atoms with E-state index in [4.69, 9.17) is 10.5 Å². The molecule has 0 spiro atoms. The number of hydrogen-bond acceptors (Lipinski definition) is 6. The molecule has 3 amide bonds. The van der Waals surface area contributed by atoms with Gasteiger partial charge in [0, 0.05) is 19.3 Å². The molecule has 1 aliphatic heterocycles. The molecule has 3 atom stereocenters. The molecule has 2 fully saturated rings. The van der Waals surface area contributed by atoms with Crippen LogP contribution in [-0.2, 0) is 20.7 Å². The van der Waals surface area contributed by atoms with Gasteiger partial charge in [-0.05, 0) is 56.7 Å². The van der Waals surface area contributed by atoms with E-state index in [1.165, 1.54) is 19.3 Å². The standard InChI is InChI=1S/C22H32N4O4/c1-4-30-21(28)19-17(12-15-10-11-24-18(23)13-15)20(27)26(19)22(29)25(3)14(2)16-8-6-5-7-9-16/h10-11,13-14,16-17,19H,4-9,12H2,1-3H3,(H2,23,24)/t14?,17-,19+/m1/s1. The SMILES string of the molecule is CCOC(=O)[C@@H]1[C@@H](Cc2ccnc(N)c2)C(=O)N1C(=O)N(C)C(C)C1CCCCC1. The first-order valence-corrected chi connectivity index (χ1v) is 10.8. The maximum atomic E-state index is 13.2. The molecular formula is C22H32N4O4. The highest BCUT2D eigenvalue weighted by atomic mass is 16.5. The normalized spacial score (nSPS) is 22.9. The average Bonchev–Trinajstić information content (AvgIpc) is 2.74. The second-order valence-corrected chi connectivity index (χ2v) is 8.34. The van der Waals surface area contributed by atoms with Crippen LogP contribution in [0.2, 0.25) is 0 Å². The number of nitrogen functional groups attached to an aromatic ring is 1. The maximum Gasteiger partial charge on any atom is 0.330 e. The number of imide groups is 1. The van der Waals surface area contributed by atoms with E-state index in [-0.39, 0.29) is 18.6 Å². The number of rotatable bonds is 6. The fraction of sp³-hybridized carbons (Fsp3) is 0.636. The summed E-state index contributed by atoms with van der Waals surface area (Å²) in [4.78, 5) is 45.4. The van der Waals surface area contributed by atoms with Gasteiger partial charge in [-0.15, -0.1) is 0 Å². The smallest absolute Gasteiger partial charge is 0.330 e. The van der Waals surface area contributed by atoms with Crippen molar-refractivity contribution in [2.75, 3.05) is 19.4 Å². The van der Waals surface area contributed by atoms with Crippen LogP contribution in [0, 0.1) is 11.8 Å². The lowest BCUT2D eigenvalue weighted by molar-refractivity contribution is -0.170. The number of aromatic nitrogens is 1. The van der Waals surface area contributed by atoms with Crippen molar-refractivity contribution in [1.82, 2.24) is 14.8 Å². The Labute approximate surface area is 177 Å². The van der Waals surface area contributed by atoms with Gasteiger partial charge in [-0.25, -0.2) is 19.5 Å². The summed E-state index contributed by atoms with van der Waals surface area (Å²) in [5.41, 5.74) is 6.53. The Balaban J connectivity index is 1.75. The number of urea groups is 1. The zero-order valence-electron chi connectivity index (χ0n) is 18.0. The van der Waals surface area contributed by atoms with E-state index in [1.807, 2.05) is 6.92 Å². The van der Waals surface area contributed by atoms with Crippen LogP contribution in [0.4, 0.5) is 10.6 Å². The molecule has 2 heterocycles. The van der Waals surface area contributed by atoms with Gasteiger partial charge in [-0.3, -0.25) is 4.79 Å². The van der Waals surface area contributed by atoms with Crippen LogP contribution in [-0.4, -0.2) is 58.4 Å². The van der Waals surface area contributed by atoms with Crippen molar-refractivity contribution in [2.24, 2.45) is 11.8 Å². The van der Waals surface area contributed by atoms with Gasteiger partial charge in [0.2, 0.25) is 5.91 Å². The summed E-state index contributed by atoms with van der Waals surface area (Å²) in [6.07, 6.45) is 7.61. The summed E-state index contributed by atoms with van der Waals surface area (Å²) < 4.78 is 5.18. The number of nitrogens with two attached hydrogens (primary N) is 1. The highest BCUT2D eigenvalue weighted by Gasteiger charge is 2.56. The highest BCUT2D eigenvalue weighted by molar-refractivity contribution is 6.08. The van der Waals surface area contributed by atoms with Crippen LogP contribution < -0.4 is 5.73 Å². The molecule has 3 rings (SSSR count). The summed E-state index contributed by atoms with van der Waals surface area (Å²) >= 11 is 0. The Morgan fingerprint density at radius 2 is 2.03 bits per heavy atom. The van der Waals surface area contributed by atoms with Gasteiger partial charge in [0.25, 0.3) is 0 Å². The molecule has 1 aromatic rings. The van der Waals surface area contributed by atoms with Crippen molar-refractivity contribution in [3.63, 3.8) is 0 Å². The van der Waals surface area contributed by atoms with Crippen molar-refractivity contribution >= 4 is 23.7 Å². The molecule has 8 heteroatoms. The van der Waals surface area contributed by atoms with Crippen LogP contribution in [0.3, 0.4) is 0 Å². The third kappa shape index (κ3) is 4.42. The van der Waals surface area contributed by atoms with Crippen LogP contribution in [0.5, 0.6) is 0 Å². The molecule has 1 unspecified atom stereocenters. The van der Waals surface area contributed by atoms with Crippen molar-refractivity contribution in [3.8, 4) is 0 Å². The number of nitrogens with zero attached hydrogens (tertiary/aromatic N) is 3. The first-order valence-electron chi connectivity index (χ1n) is 10.8. The summed E-state index contributed by atoms with van der Waals surface area (Å²) in [5, 5.41) is 0. The number of esters is 1. The Bertz CT molecular complexity index is 793. The number of β-lactam (4-membered cyclic amide) rings is 1. The number of anilines is 1. The molecule has 2 aliphatic rings. The Kier molecular flexibility index (Phi) is 6.95. The van der Waals surface area contributed by atoms with Gasteiger partial charge in [-0.2, -0.15) is 0 Å². The predicted molar refractivity (Wildman–Crippen MR) is 112 cm³/mol. The highest BCUT2D eigenvalue weighted by Crippen LogP contribution is 2.34. The third-order valence-electron chi connectivity index (χ3n) is 6.49. The van der Waals surface area contributed by atoms with E-state index in [0.717, 1.165) is 23.3 Å².